The van der Waals surface area contributed by atoms with E-state index in [-0.39, 0.29) is 12.1 Å². The fourth-order valence-electron chi connectivity index (χ4n) is 2.30. The van der Waals surface area contributed by atoms with Crippen molar-refractivity contribution in [3.63, 3.8) is 0 Å². The number of ether oxygens (including phenoxy) is 1. The van der Waals surface area contributed by atoms with Gasteiger partial charge in [-0.05, 0) is 32.8 Å². The van der Waals surface area contributed by atoms with E-state index in [0.717, 1.165) is 6.42 Å². The Balaban J connectivity index is 2.21. The lowest BCUT2D eigenvalue weighted by Gasteiger charge is -2.20. The molecule has 1 fully saturated rings. The molecule has 1 aliphatic carbocycles. The van der Waals surface area contributed by atoms with E-state index in [1.54, 1.807) is 18.5 Å². The van der Waals surface area contributed by atoms with Gasteiger partial charge in [-0.15, -0.1) is 0 Å². The second kappa shape index (κ2) is 4.61. The molecule has 1 heterocycles. The molecule has 0 radical (unpaired) electrons. The van der Waals surface area contributed by atoms with E-state index in [1.165, 1.54) is 0 Å². The third-order valence-electron chi connectivity index (χ3n) is 3.10. The molecule has 0 saturated heterocycles. The maximum absolute atomic E-state index is 14.6. The largest absolute Gasteiger partial charge is 0.489 e. The minimum atomic E-state index is -1.33. The summed E-state index contributed by atoms with van der Waals surface area (Å²) in [5.74, 6) is 0.620. The van der Waals surface area contributed by atoms with Crippen LogP contribution in [0.1, 0.15) is 38.7 Å². The zero-order chi connectivity index (χ0) is 12.5. The Hall–Kier alpha value is -1.16. The average molecular weight is 238 g/mol. The lowest BCUT2D eigenvalue weighted by atomic mass is 9.95. The zero-order valence-corrected chi connectivity index (χ0v) is 10.3. The van der Waals surface area contributed by atoms with Gasteiger partial charge < -0.3 is 10.5 Å². The van der Waals surface area contributed by atoms with E-state index >= 15 is 0 Å². The molecule has 1 aromatic rings. The standard InChI is InChI=1S/C13H19FN2O/c1-9(2)17-12-5-10(7-16-8-12)13(14)4-3-11(15)6-13/h5,7-9,11H,3-4,6,15H2,1-2H3. The molecule has 2 unspecified atom stereocenters. The van der Waals surface area contributed by atoms with Crippen LogP contribution in [0.4, 0.5) is 4.39 Å². The van der Waals surface area contributed by atoms with E-state index in [0.29, 0.717) is 24.2 Å². The smallest absolute Gasteiger partial charge is 0.139 e. The van der Waals surface area contributed by atoms with Gasteiger partial charge in [0.1, 0.15) is 11.4 Å². The van der Waals surface area contributed by atoms with E-state index < -0.39 is 5.67 Å². The van der Waals surface area contributed by atoms with Gasteiger partial charge in [0.05, 0.1) is 12.3 Å². The first-order chi connectivity index (χ1) is 7.99. The molecule has 2 rings (SSSR count). The summed E-state index contributed by atoms with van der Waals surface area (Å²) in [6, 6.07) is 1.69. The summed E-state index contributed by atoms with van der Waals surface area (Å²) in [4.78, 5) is 4.05. The Morgan fingerprint density at radius 2 is 2.29 bits per heavy atom. The number of hydrogen-bond donors (Lipinski definition) is 1. The van der Waals surface area contributed by atoms with Crippen molar-refractivity contribution in [2.45, 2.75) is 50.9 Å². The Morgan fingerprint density at radius 1 is 1.53 bits per heavy atom. The van der Waals surface area contributed by atoms with Crippen LogP contribution in [-0.2, 0) is 5.67 Å². The molecule has 17 heavy (non-hydrogen) atoms. The molecule has 1 aliphatic rings. The lowest BCUT2D eigenvalue weighted by molar-refractivity contribution is 0.170. The van der Waals surface area contributed by atoms with Crippen LogP contribution in [-0.4, -0.2) is 17.1 Å². The number of pyridine rings is 1. The highest BCUT2D eigenvalue weighted by atomic mass is 19.1. The van der Waals surface area contributed by atoms with Gasteiger partial charge in [0.2, 0.25) is 0 Å². The van der Waals surface area contributed by atoms with Crippen molar-refractivity contribution in [2.24, 2.45) is 5.73 Å². The first-order valence-electron chi connectivity index (χ1n) is 6.06. The van der Waals surface area contributed by atoms with Crippen molar-refractivity contribution < 1.29 is 9.13 Å². The highest BCUT2D eigenvalue weighted by molar-refractivity contribution is 5.29. The van der Waals surface area contributed by atoms with Crippen molar-refractivity contribution in [1.29, 1.82) is 0 Å². The number of halogens is 1. The van der Waals surface area contributed by atoms with Gasteiger partial charge >= 0.3 is 0 Å². The average Bonchev–Trinajstić information content (AvgIpc) is 2.59. The van der Waals surface area contributed by atoms with Gasteiger partial charge in [-0.2, -0.15) is 0 Å². The minimum absolute atomic E-state index is 0.0466. The molecular formula is C13H19FN2O. The summed E-state index contributed by atoms with van der Waals surface area (Å²) < 4.78 is 20.2. The normalized spacial score (nSPS) is 28.6. The number of nitrogens with two attached hydrogens (primary N) is 1. The summed E-state index contributed by atoms with van der Waals surface area (Å²) in [6.45, 7) is 3.87. The Labute approximate surface area is 101 Å². The SMILES string of the molecule is CC(C)Oc1cncc(C2(F)CCC(N)C2)c1. The molecule has 0 spiro atoms. The molecule has 94 valence electrons. The van der Waals surface area contributed by atoms with Crippen LogP contribution in [0.3, 0.4) is 0 Å². The van der Waals surface area contributed by atoms with E-state index in [1.807, 2.05) is 13.8 Å². The third-order valence-corrected chi connectivity index (χ3v) is 3.10. The van der Waals surface area contributed by atoms with Crippen molar-refractivity contribution in [1.82, 2.24) is 4.98 Å². The highest BCUT2D eigenvalue weighted by Crippen LogP contribution is 2.42. The maximum atomic E-state index is 14.6. The van der Waals surface area contributed by atoms with Crippen LogP contribution in [0.5, 0.6) is 5.75 Å². The van der Waals surface area contributed by atoms with Crippen LogP contribution < -0.4 is 10.5 Å². The predicted octanol–water partition coefficient (Wildman–Crippen LogP) is 2.54. The number of nitrogens with zero attached hydrogens (tertiary/aromatic N) is 1. The van der Waals surface area contributed by atoms with Gasteiger partial charge in [-0.25, -0.2) is 4.39 Å². The van der Waals surface area contributed by atoms with Crippen molar-refractivity contribution >= 4 is 0 Å². The van der Waals surface area contributed by atoms with Gasteiger partial charge in [-0.3, -0.25) is 4.98 Å². The van der Waals surface area contributed by atoms with E-state index in [9.17, 15) is 4.39 Å². The van der Waals surface area contributed by atoms with Crippen molar-refractivity contribution in [3.05, 3.63) is 24.0 Å². The first kappa shape index (κ1) is 12.3. The number of alkyl halides is 1. The molecule has 1 aromatic heterocycles. The molecule has 0 aromatic carbocycles. The predicted molar refractivity (Wildman–Crippen MR) is 64.6 cm³/mol. The number of aromatic nitrogens is 1. The first-order valence-corrected chi connectivity index (χ1v) is 6.06. The third kappa shape index (κ3) is 2.75. The van der Waals surface area contributed by atoms with E-state index in [2.05, 4.69) is 4.98 Å². The summed E-state index contributed by atoms with van der Waals surface area (Å²) >= 11 is 0. The van der Waals surface area contributed by atoms with Crippen LogP contribution in [0.15, 0.2) is 18.5 Å². The zero-order valence-electron chi connectivity index (χ0n) is 10.3. The summed E-state index contributed by atoms with van der Waals surface area (Å²) in [5.41, 5.74) is 5.03. The molecule has 2 atom stereocenters. The van der Waals surface area contributed by atoms with Gasteiger partial charge in [0, 0.05) is 24.2 Å². The molecular weight excluding hydrogens is 219 g/mol. The quantitative estimate of drug-likeness (QED) is 0.880. The van der Waals surface area contributed by atoms with E-state index in [4.69, 9.17) is 10.5 Å². The number of rotatable bonds is 3. The number of hydrogen-bond acceptors (Lipinski definition) is 3. The Kier molecular flexibility index (Phi) is 3.33. The fraction of sp³-hybridized carbons (Fsp3) is 0.615. The van der Waals surface area contributed by atoms with Crippen LogP contribution in [0.25, 0.3) is 0 Å². The Morgan fingerprint density at radius 3 is 2.88 bits per heavy atom. The lowest BCUT2D eigenvalue weighted by Crippen LogP contribution is -2.21. The van der Waals surface area contributed by atoms with Crippen LogP contribution in [0, 0.1) is 0 Å². The van der Waals surface area contributed by atoms with Gasteiger partial charge in [0.25, 0.3) is 0 Å². The molecule has 2 N–H and O–H groups in total. The molecule has 0 bridgehead atoms. The maximum Gasteiger partial charge on any atom is 0.139 e. The topological polar surface area (TPSA) is 48.1 Å². The molecule has 3 nitrogen and oxygen atoms in total. The Bertz CT molecular complexity index is 397. The van der Waals surface area contributed by atoms with Crippen molar-refractivity contribution in [2.75, 3.05) is 0 Å². The molecule has 4 heteroatoms. The van der Waals surface area contributed by atoms with Crippen LogP contribution in [0.2, 0.25) is 0 Å². The molecule has 1 saturated carbocycles. The highest BCUT2D eigenvalue weighted by Gasteiger charge is 2.40. The summed E-state index contributed by atoms with van der Waals surface area (Å²) in [7, 11) is 0. The fourth-order valence-corrected chi connectivity index (χ4v) is 2.30. The summed E-state index contributed by atoms with van der Waals surface area (Å²) in [6.07, 6.45) is 4.83. The van der Waals surface area contributed by atoms with Crippen LogP contribution >= 0.6 is 0 Å². The second-order valence-electron chi connectivity index (χ2n) is 5.04. The van der Waals surface area contributed by atoms with Crippen molar-refractivity contribution in [3.8, 4) is 5.75 Å². The molecule has 0 aliphatic heterocycles. The van der Waals surface area contributed by atoms with Gasteiger partial charge in [0.15, 0.2) is 0 Å². The second-order valence-corrected chi connectivity index (χ2v) is 5.04. The van der Waals surface area contributed by atoms with Gasteiger partial charge in [-0.1, -0.05) is 0 Å². The minimum Gasteiger partial charge on any atom is -0.489 e. The summed E-state index contributed by atoms with van der Waals surface area (Å²) in [5, 5.41) is 0. The molecule has 0 amide bonds. The monoisotopic (exact) mass is 238 g/mol.